The first-order chi connectivity index (χ1) is 17.3. The summed E-state index contributed by atoms with van der Waals surface area (Å²) in [5.41, 5.74) is 2.11. The summed E-state index contributed by atoms with van der Waals surface area (Å²) in [5, 5.41) is 24.4. The van der Waals surface area contributed by atoms with Crippen molar-refractivity contribution in [2.24, 2.45) is 0 Å². The number of hydrogen-bond acceptors (Lipinski definition) is 5. The number of aromatic hydroxyl groups is 1. The van der Waals surface area contributed by atoms with Crippen LogP contribution in [-0.2, 0) is 12.8 Å². The van der Waals surface area contributed by atoms with Crippen molar-refractivity contribution in [2.45, 2.75) is 24.9 Å². The number of hydrogen-bond donors (Lipinski definition) is 4. The number of nitrogens with one attached hydrogen (secondary N) is 2. The second-order valence-corrected chi connectivity index (χ2v) is 8.71. The second kappa shape index (κ2) is 11.3. The maximum absolute atomic E-state index is 14.2. The third-order valence-electron chi connectivity index (χ3n) is 5.87. The molecule has 1 heterocycles. The van der Waals surface area contributed by atoms with Gasteiger partial charge in [0.05, 0.1) is 11.6 Å². The molecule has 1 atom stereocenters. The van der Waals surface area contributed by atoms with Crippen molar-refractivity contribution in [3.8, 4) is 11.5 Å². The molecule has 0 fully saturated rings. The normalized spacial score (nSPS) is 12.5. The Morgan fingerprint density at radius 1 is 0.944 bits per heavy atom. The van der Waals surface area contributed by atoms with Crippen molar-refractivity contribution in [1.82, 2.24) is 10.3 Å². The zero-order valence-corrected chi connectivity index (χ0v) is 19.6. The topological polar surface area (TPSA) is 94.6 Å². The van der Waals surface area contributed by atoms with E-state index in [1.54, 1.807) is 54.6 Å². The van der Waals surface area contributed by atoms with Crippen molar-refractivity contribution in [3.05, 3.63) is 106 Å². The lowest BCUT2D eigenvalue weighted by Gasteiger charge is -2.17. The Kier molecular flexibility index (Phi) is 7.97. The van der Waals surface area contributed by atoms with E-state index < -0.39 is 18.6 Å². The van der Waals surface area contributed by atoms with Crippen molar-refractivity contribution in [2.75, 3.05) is 19.7 Å². The number of rotatable bonds is 11. The highest BCUT2D eigenvalue weighted by Gasteiger charge is 2.30. The van der Waals surface area contributed by atoms with Gasteiger partial charge < -0.3 is 25.3 Å². The molecule has 0 radical (unpaired) electrons. The van der Waals surface area contributed by atoms with E-state index in [0.29, 0.717) is 40.7 Å². The molecule has 4 rings (SSSR count). The van der Waals surface area contributed by atoms with Gasteiger partial charge in [0.2, 0.25) is 5.56 Å². The van der Waals surface area contributed by atoms with Gasteiger partial charge >= 0.3 is 0 Å². The van der Waals surface area contributed by atoms with Gasteiger partial charge in [-0.25, -0.2) is 8.78 Å². The van der Waals surface area contributed by atoms with Crippen molar-refractivity contribution in [1.29, 1.82) is 0 Å². The third kappa shape index (κ3) is 6.68. The zero-order chi connectivity index (χ0) is 25.5. The molecule has 0 amide bonds. The van der Waals surface area contributed by atoms with E-state index in [4.69, 9.17) is 4.74 Å². The molecule has 4 aromatic rings. The van der Waals surface area contributed by atoms with E-state index >= 15 is 0 Å². The molecule has 0 spiro atoms. The fraction of sp³-hybridized carbons (Fsp3) is 0.250. The van der Waals surface area contributed by atoms with Crippen LogP contribution in [0.25, 0.3) is 10.9 Å². The molecule has 0 unspecified atom stereocenters. The second-order valence-electron chi connectivity index (χ2n) is 8.71. The Bertz CT molecular complexity index is 1340. The molecule has 1 aromatic heterocycles. The number of aromatic nitrogens is 1. The summed E-state index contributed by atoms with van der Waals surface area (Å²) in [7, 11) is 0. The number of benzene rings is 3. The standard InChI is InChI=1S/C28H28F2N2O4/c29-28(30,16-20-4-2-1-3-5-20)18-36-21-8-6-19(7-9-21)14-15-31-17-25(34)22-10-12-24(33)27-23(22)11-13-26(35)32-27/h1-13,25,31,33-34H,14-18H2,(H,32,35)/t25-/m0/s1. The van der Waals surface area contributed by atoms with Gasteiger partial charge in [-0.2, -0.15) is 0 Å². The van der Waals surface area contributed by atoms with Crippen LogP contribution in [0.5, 0.6) is 11.5 Å². The molecule has 8 heteroatoms. The Morgan fingerprint density at radius 2 is 1.69 bits per heavy atom. The molecule has 0 saturated heterocycles. The number of aromatic amines is 1. The van der Waals surface area contributed by atoms with Crippen molar-refractivity contribution >= 4 is 10.9 Å². The number of phenolic OH excluding ortho intramolecular Hbond substituents is 1. The summed E-state index contributed by atoms with van der Waals surface area (Å²) < 4.78 is 33.7. The van der Waals surface area contributed by atoms with Gasteiger partial charge in [-0.1, -0.05) is 48.5 Å². The highest BCUT2D eigenvalue weighted by atomic mass is 19.3. The fourth-order valence-electron chi connectivity index (χ4n) is 4.02. The number of alkyl halides is 2. The minimum Gasteiger partial charge on any atom is -0.506 e. The molecule has 188 valence electrons. The van der Waals surface area contributed by atoms with E-state index in [9.17, 15) is 23.8 Å². The van der Waals surface area contributed by atoms with Crippen LogP contribution in [0.4, 0.5) is 8.78 Å². The van der Waals surface area contributed by atoms with E-state index in [-0.39, 0.29) is 24.3 Å². The molecule has 6 nitrogen and oxygen atoms in total. The quantitative estimate of drug-likeness (QED) is 0.233. The summed E-state index contributed by atoms with van der Waals surface area (Å²) in [6.45, 7) is 0.163. The molecule has 0 aliphatic carbocycles. The van der Waals surface area contributed by atoms with E-state index in [0.717, 1.165) is 5.56 Å². The fourth-order valence-corrected chi connectivity index (χ4v) is 4.02. The Balaban J connectivity index is 1.24. The monoisotopic (exact) mass is 494 g/mol. The van der Waals surface area contributed by atoms with Gasteiger partial charge in [-0.3, -0.25) is 4.79 Å². The van der Waals surface area contributed by atoms with Crippen LogP contribution < -0.4 is 15.6 Å². The lowest BCUT2D eigenvalue weighted by Crippen LogP contribution is -2.28. The van der Waals surface area contributed by atoms with Crippen LogP contribution in [0.15, 0.2) is 83.7 Å². The number of pyridine rings is 1. The van der Waals surface area contributed by atoms with Crippen LogP contribution >= 0.6 is 0 Å². The summed E-state index contributed by atoms with van der Waals surface area (Å²) in [6, 6.07) is 21.6. The molecule has 0 aliphatic rings. The summed E-state index contributed by atoms with van der Waals surface area (Å²) in [4.78, 5) is 14.1. The Hall–Kier alpha value is -3.75. The molecule has 36 heavy (non-hydrogen) atoms. The van der Waals surface area contributed by atoms with E-state index in [1.165, 1.54) is 12.1 Å². The van der Waals surface area contributed by atoms with Crippen LogP contribution in [0.1, 0.15) is 22.8 Å². The SMILES string of the molecule is O=c1ccc2c([C@@H](O)CNCCc3ccc(OCC(F)(F)Cc4ccccc4)cc3)ccc(O)c2[nH]1. The molecule has 0 bridgehead atoms. The zero-order valence-electron chi connectivity index (χ0n) is 19.6. The van der Waals surface area contributed by atoms with Gasteiger partial charge in [0.1, 0.15) is 11.5 Å². The molecular formula is C28H28F2N2O4. The lowest BCUT2D eigenvalue weighted by molar-refractivity contribution is -0.0400. The Morgan fingerprint density at radius 3 is 2.44 bits per heavy atom. The summed E-state index contributed by atoms with van der Waals surface area (Å²) in [5.74, 6) is -2.64. The van der Waals surface area contributed by atoms with Crippen molar-refractivity contribution < 1.29 is 23.7 Å². The van der Waals surface area contributed by atoms with Crippen LogP contribution in [0.2, 0.25) is 0 Å². The maximum Gasteiger partial charge on any atom is 0.285 e. The van der Waals surface area contributed by atoms with E-state index in [1.807, 2.05) is 12.1 Å². The highest BCUT2D eigenvalue weighted by molar-refractivity contribution is 5.87. The number of halogens is 2. The molecule has 0 aliphatic heterocycles. The Labute approximate surface area is 207 Å². The molecule has 4 N–H and O–H groups in total. The first-order valence-electron chi connectivity index (χ1n) is 11.7. The number of ether oxygens (including phenoxy) is 1. The molecule has 0 saturated carbocycles. The maximum atomic E-state index is 14.2. The summed E-state index contributed by atoms with van der Waals surface area (Å²) in [6.07, 6.45) is -0.547. The minimum absolute atomic E-state index is 0.0565. The van der Waals surface area contributed by atoms with E-state index in [2.05, 4.69) is 10.3 Å². The number of aliphatic hydroxyl groups excluding tert-OH is 1. The van der Waals surface area contributed by atoms with Crippen LogP contribution in [-0.4, -0.2) is 40.8 Å². The predicted octanol–water partition coefficient (Wildman–Crippen LogP) is 4.36. The summed E-state index contributed by atoms with van der Waals surface area (Å²) >= 11 is 0. The average molecular weight is 495 g/mol. The average Bonchev–Trinajstić information content (AvgIpc) is 2.87. The minimum atomic E-state index is -2.97. The highest BCUT2D eigenvalue weighted by Crippen LogP contribution is 2.28. The predicted molar refractivity (Wildman–Crippen MR) is 135 cm³/mol. The first kappa shape index (κ1) is 25.3. The molecule has 3 aromatic carbocycles. The largest absolute Gasteiger partial charge is 0.506 e. The van der Waals surface area contributed by atoms with Gasteiger partial charge in [0.15, 0.2) is 6.61 Å². The number of aliphatic hydroxyl groups is 1. The number of fused-ring (bicyclic) bond motifs is 1. The van der Waals surface area contributed by atoms with Gasteiger partial charge in [-0.15, -0.1) is 0 Å². The smallest absolute Gasteiger partial charge is 0.285 e. The van der Waals surface area contributed by atoms with Gasteiger partial charge in [0, 0.05) is 24.4 Å². The number of H-pyrrole nitrogens is 1. The van der Waals surface area contributed by atoms with Crippen molar-refractivity contribution in [3.63, 3.8) is 0 Å². The van der Waals surface area contributed by atoms with Crippen LogP contribution in [0.3, 0.4) is 0 Å². The van der Waals surface area contributed by atoms with Crippen LogP contribution in [0, 0.1) is 0 Å². The van der Waals surface area contributed by atoms with Gasteiger partial charge in [0.25, 0.3) is 5.92 Å². The molecular weight excluding hydrogens is 466 g/mol. The van der Waals surface area contributed by atoms with Gasteiger partial charge in [-0.05, 0) is 53.9 Å². The lowest BCUT2D eigenvalue weighted by atomic mass is 10.0. The first-order valence-corrected chi connectivity index (χ1v) is 11.7. The third-order valence-corrected chi connectivity index (χ3v) is 5.87. The number of phenols is 1.